The van der Waals surface area contributed by atoms with Crippen LogP contribution in [0.15, 0.2) is 42.7 Å². The number of para-hydroxylation sites is 1. The van der Waals surface area contributed by atoms with Crippen molar-refractivity contribution >= 4 is 11.7 Å². The molecule has 1 aromatic carbocycles. The highest BCUT2D eigenvalue weighted by atomic mass is 16.2. The second-order valence-electron chi connectivity index (χ2n) is 9.26. The van der Waals surface area contributed by atoms with Gasteiger partial charge in [0.2, 0.25) is 5.91 Å². The van der Waals surface area contributed by atoms with Crippen molar-refractivity contribution in [2.45, 2.75) is 63.8 Å². The SMILES string of the molecule is CCn1cnnc1C1CCN(CC(=O)Nc2cc(C3CCCC3)nn2-c2ccccc2)CC1. The molecular formula is C25H33N7O. The molecule has 1 aliphatic carbocycles. The first-order valence-electron chi connectivity index (χ1n) is 12.3. The fourth-order valence-electron chi connectivity index (χ4n) is 5.23. The minimum Gasteiger partial charge on any atom is -0.318 e. The highest BCUT2D eigenvalue weighted by Gasteiger charge is 2.26. The summed E-state index contributed by atoms with van der Waals surface area (Å²) in [4.78, 5) is 15.2. The van der Waals surface area contributed by atoms with Crippen LogP contribution in [0.3, 0.4) is 0 Å². The Morgan fingerprint density at radius 1 is 1.06 bits per heavy atom. The molecule has 2 fully saturated rings. The third-order valence-corrected chi connectivity index (χ3v) is 7.08. The van der Waals surface area contributed by atoms with Crippen LogP contribution in [0.5, 0.6) is 0 Å². The summed E-state index contributed by atoms with van der Waals surface area (Å²) >= 11 is 0. The molecular weight excluding hydrogens is 414 g/mol. The number of amides is 1. The molecule has 5 rings (SSSR count). The highest BCUT2D eigenvalue weighted by Crippen LogP contribution is 2.35. The minimum absolute atomic E-state index is 0.0141. The molecule has 0 spiro atoms. The maximum absolute atomic E-state index is 13.0. The first kappa shape index (κ1) is 21.8. The van der Waals surface area contributed by atoms with Gasteiger partial charge in [-0.25, -0.2) is 4.68 Å². The first-order valence-corrected chi connectivity index (χ1v) is 12.3. The zero-order valence-corrected chi connectivity index (χ0v) is 19.4. The van der Waals surface area contributed by atoms with Crippen molar-refractivity contribution in [3.05, 3.63) is 54.2 Å². The number of hydrogen-bond donors (Lipinski definition) is 1. The fourth-order valence-corrected chi connectivity index (χ4v) is 5.23. The molecule has 0 atom stereocenters. The maximum Gasteiger partial charge on any atom is 0.239 e. The molecule has 1 amide bonds. The molecule has 33 heavy (non-hydrogen) atoms. The Balaban J connectivity index is 1.23. The lowest BCUT2D eigenvalue weighted by Crippen LogP contribution is -2.39. The van der Waals surface area contributed by atoms with Crippen molar-refractivity contribution in [2.24, 2.45) is 0 Å². The molecule has 1 N–H and O–H groups in total. The number of rotatable bonds is 7. The number of carbonyl (C=O) groups excluding carboxylic acids is 1. The van der Waals surface area contributed by atoms with Gasteiger partial charge < -0.3 is 9.88 Å². The van der Waals surface area contributed by atoms with Gasteiger partial charge in [-0.3, -0.25) is 9.69 Å². The van der Waals surface area contributed by atoms with Crippen molar-refractivity contribution in [1.82, 2.24) is 29.4 Å². The molecule has 1 aliphatic heterocycles. The summed E-state index contributed by atoms with van der Waals surface area (Å²) in [6.45, 7) is 5.18. The summed E-state index contributed by atoms with van der Waals surface area (Å²) in [5.74, 6) is 2.77. The Bertz CT molecular complexity index is 1060. The number of benzene rings is 1. The molecule has 3 aromatic rings. The van der Waals surface area contributed by atoms with Crippen LogP contribution in [0.25, 0.3) is 5.69 Å². The van der Waals surface area contributed by atoms with Gasteiger partial charge in [0, 0.05) is 24.4 Å². The molecule has 0 radical (unpaired) electrons. The van der Waals surface area contributed by atoms with E-state index in [1.54, 1.807) is 0 Å². The Kier molecular flexibility index (Phi) is 6.53. The van der Waals surface area contributed by atoms with Crippen LogP contribution in [0, 0.1) is 0 Å². The zero-order valence-electron chi connectivity index (χ0n) is 19.4. The first-order chi connectivity index (χ1) is 16.2. The summed E-state index contributed by atoms with van der Waals surface area (Å²) in [5.41, 5.74) is 2.06. The summed E-state index contributed by atoms with van der Waals surface area (Å²) in [7, 11) is 0. The Morgan fingerprint density at radius 2 is 1.82 bits per heavy atom. The minimum atomic E-state index is 0.0141. The van der Waals surface area contributed by atoms with E-state index in [1.807, 2.05) is 41.3 Å². The molecule has 8 heteroatoms. The monoisotopic (exact) mass is 447 g/mol. The number of likely N-dealkylation sites (tertiary alicyclic amines) is 1. The Hall–Kier alpha value is -3.00. The quantitative estimate of drug-likeness (QED) is 0.593. The van der Waals surface area contributed by atoms with Gasteiger partial charge in [-0.15, -0.1) is 10.2 Å². The van der Waals surface area contributed by atoms with Crippen LogP contribution in [-0.4, -0.2) is 55.0 Å². The normalized spacial score (nSPS) is 18.1. The fraction of sp³-hybridized carbons (Fsp3) is 0.520. The van der Waals surface area contributed by atoms with Gasteiger partial charge in [0.15, 0.2) is 0 Å². The van der Waals surface area contributed by atoms with E-state index in [4.69, 9.17) is 5.10 Å². The van der Waals surface area contributed by atoms with Gasteiger partial charge in [0.05, 0.1) is 17.9 Å². The molecule has 1 saturated heterocycles. The van der Waals surface area contributed by atoms with Crippen LogP contribution in [0.4, 0.5) is 5.82 Å². The lowest BCUT2D eigenvalue weighted by molar-refractivity contribution is -0.117. The third-order valence-electron chi connectivity index (χ3n) is 7.08. The Labute approximate surface area is 195 Å². The number of aryl methyl sites for hydroxylation is 1. The molecule has 1 saturated carbocycles. The number of nitrogens with one attached hydrogen (secondary N) is 1. The van der Waals surface area contributed by atoms with Crippen LogP contribution >= 0.6 is 0 Å². The number of carbonyl (C=O) groups is 1. The predicted molar refractivity (Wildman–Crippen MR) is 128 cm³/mol. The third kappa shape index (κ3) is 4.85. The number of nitrogens with zero attached hydrogens (tertiary/aromatic N) is 6. The lowest BCUT2D eigenvalue weighted by Gasteiger charge is -2.31. The average Bonchev–Trinajstić information content (AvgIpc) is 3.60. The average molecular weight is 448 g/mol. The smallest absolute Gasteiger partial charge is 0.239 e. The van der Waals surface area contributed by atoms with Crippen LogP contribution in [0.2, 0.25) is 0 Å². The van der Waals surface area contributed by atoms with E-state index in [0.29, 0.717) is 18.4 Å². The molecule has 2 aromatic heterocycles. The molecule has 8 nitrogen and oxygen atoms in total. The molecule has 3 heterocycles. The maximum atomic E-state index is 13.0. The predicted octanol–water partition coefficient (Wildman–Crippen LogP) is 3.96. The van der Waals surface area contributed by atoms with Crippen molar-refractivity contribution in [1.29, 1.82) is 0 Å². The summed E-state index contributed by atoms with van der Waals surface area (Å²) in [5, 5.41) is 16.4. The van der Waals surface area contributed by atoms with Crippen molar-refractivity contribution in [2.75, 3.05) is 25.0 Å². The van der Waals surface area contributed by atoms with E-state index in [-0.39, 0.29) is 5.91 Å². The van der Waals surface area contributed by atoms with Crippen molar-refractivity contribution in [3.63, 3.8) is 0 Å². The Morgan fingerprint density at radius 3 is 2.55 bits per heavy atom. The molecule has 174 valence electrons. The van der Waals surface area contributed by atoms with Gasteiger partial charge in [0.1, 0.15) is 18.0 Å². The number of aromatic nitrogens is 5. The van der Waals surface area contributed by atoms with E-state index in [2.05, 4.69) is 38.0 Å². The largest absolute Gasteiger partial charge is 0.318 e. The lowest BCUT2D eigenvalue weighted by atomic mass is 9.96. The second kappa shape index (κ2) is 9.87. The van der Waals surface area contributed by atoms with Crippen molar-refractivity contribution in [3.8, 4) is 5.69 Å². The standard InChI is InChI=1S/C25H33N7O/c1-2-31-18-26-28-25(31)20-12-14-30(15-13-20)17-24(33)27-23-16-22(19-8-6-7-9-19)29-32(23)21-10-4-3-5-11-21/h3-5,10-11,16,18-20H,2,6-9,12-15,17H2,1H3,(H,27,33). The van der Waals surface area contributed by atoms with Gasteiger partial charge in [-0.2, -0.15) is 5.10 Å². The van der Waals surface area contributed by atoms with E-state index in [9.17, 15) is 4.79 Å². The summed E-state index contributed by atoms with van der Waals surface area (Å²) < 4.78 is 4.01. The van der Waals surface area contributed by atoms with Gasteiger partial charge >= 0.3 is 0 Å². The van der Waals surface area contributed by atoms with E-state index < -0.39 is 0 Å². The second-order valence-corrected chi connectivity index (χ2v) is 9.26. The molecule has 0 bridgehead atoms. The zero-order chi connectivity index (χ0) is 22.6. The van der Waals surface area contributed by atoms with Gasteiger partial charge in [0.25, 0.3) is 0 Å². The molecule has 0 unspecified atom stereocenters. The van der Waals surface area contributed by atoms with Crippen molar-refractivity contribution < 1.29 is 4.79 Å². The number of hydrogen-bond acceptors (Lipinski definition) is 5. The van der Waals surface area contributed by atoms with Gasteiger partial charge in [-0.05, 0) is 57.8 Å². The number of piperidine rings is 1. The van der Waals surface area contributed by atoms with Crippen LogP contribution in [-0.2, 0) is 11.3 Å². The van der Waals surface area contributed by atoms with Gasteiger partial charge in [-0.1, -0.05) is 31.0 Å². The summed E-state index contributed by atoms with van der Waals surface area (Å²) in [6.07, 6.45) is 8.69. The summed E-state index contributed by atoms with van der Waals surface area (Å²) in [6, 6.07) is 12.1. The van der Waals surface area contributed by atoms with E-state index >= 15 is 0 Å². The van der Waals surface area contributed by atoms with Crippen LogP contribution < -0.4 is 5.32 Å². The van der Waals surface area contributed by atoms with E-state index in [1.165, 1.54) is 25.7 Å². The molecule has 2 aliphatic rings. The van der Waals surface area contributed by atoms with E-state index in [0.717, 1.165) is 55.5 Å². The topological polar surface area (TPSA) is 80.9 Å². The van der Waals surface area contributed by atoms with Crippen LogP contribution in [0.1, 0.15) is 68.8 Å². The number of anilines is 1. The highest BCUT2D eigenvalue weighted by molar-refractivity contribution is 5.91.